The van der Waals surface area contributed by atoms with Crippen LogP contribution < -0.4 is 0 Å². The van der Waals surface area contributed by atoms with Gasteiger partial charge in [-0.1, -0.05) is 139 Å². The van der Waals surface area contributed by atoms with Gasteiger partial charge < -0.3 is 9.84 Å². The van der Waals surface area contributed by atoms with Gasteiger partial charge >= 0.3 is 11.9 Å². The second kappa shape index (κ2) is 16.1. The maximum absolute atomic E-state index is 13.2. The summed E-state index contributed by atoms with van der Waals surface area (Å²) in [5.74, 6) is -1.64. The molecule has 3 aromatic rings. The number of esters is 1. The van der Waals surface area contributed by atoms with Crippen LogP contribution in [0.1, 0.15) is 114 Å². The Morgan fingerprint density at radius 3 is 1.57 bits per heavy atom. The summed E-state index contributed by atoms with van der Waals surface area (Å²) < 4.78 is 5.59. The monoisotopic (exact) mass is 504 g/mol. The Morgan fingerprint density at radius 2 is 1.11 bits per heavy atom. The molecule has 0 fully saturated rings. The van der Waals surface area contributed by atoms with E-state index in [0.29, 0.717) is 12.0 Å². The topological polar surface area (TPSA) is 63.6 Å². The van der Waals surface area contributed by atoms with Gasteiger partial charge in [0, 0.05) is 0 Å². The molecule has 0 aliphatic rings. The fourth-order valence-electron chi connectivity index (χ4n) is 5.18. The summed E-state index contributed by atoms with van der Waals surface area (Å²) in [5.41, 5.74) is 0.445. The molecule has 0 saturated carbocycles. The van der Waals surface area contributed by atoms with Crippen LogP contribution in [-0.2, 0) is 9.53 Å². The molecule has 37 heavy (non-hydrogen) atoms. The predicted octanol–water partition coefficient (Wildman–Crippen LogP) is 9.47. The number of unbranched alkanes of at least 4 members (excludes halogenated alkanes) is 13. The zero-order valence-corrected chi connectivity index (χ0v) is 22.6. The SMILES string of the molecule is CCCCCCCCCCCCCCCC[C@H](OC(=O)c1c2ccccc2cc2ccccc12)C(=O)O. The van der Waals surface area contributed by atoms with Crippen LogP contribution in [0.4, 0.5) is 0 Å². The van der Waals surface area contributed by atoms with Crippen LogP contribution in [0, 0.1) is 0 Å². The first-order valence-electron chi connectivity index (χ1n) is 14.5. The molecule has 4 heteroatoms. The van der Waals surface area contributed by atoms with Gasteiger partial charge in [0.25, 0.3) is 0 Å². The van der Waals surface area contributed by atoms with E-state index in [1.807, 2.05) is 54.6 Å². The molecule has 0 aliphatic carbocycles. The van der Waals surface area contributed by atoms with Gasteiger partial charge in [-0.25, -0.2) is 9.59 Å². The Morgan fingerprint density at radius 1 is 0.676 bits per heavy atom. The van der Waals surface area contributed by atoms with Crippen molar-refractivity contribution in [2.24, 2.45) is 0 Å². The molecule has 3 aromatic carbocycles. The molecule has 0 amide bonds. The quantitative estimate of drug-likeness (QED) is 0.106. The molecule has 1 atom stereocenters. The first-order chi connectivity index (χ1) is 18.1. The predicted molar refractivity (Wildman–Crippen MR) is 153 cm³/mol. The molecule has 200 valence electrons. The summed E-state index contributed by atoms with van der Waals surface area (Å²) in [6.45, 7) is 2.26. The lowest BCUT2D eigenvalue weighted by Gasteiger charge is -2.16. The summed E-state index contributed by atoms with van der Waals surface area (Å²) >= 11 is 0. The third kappa shape index (κ3) is 9.18. The van der Waals surface area contributed by atoms with Crippen molar-refractivity contribution < 1.29 is 19.4 Å². The number of carboxylic acid groups (broad SMARTS) is 1. The summed E-state index contributed by atoms with van der Waals surface area (Å²) in [6, 6.07) is 17.4. The molecule has 0 unspecified atom stereocenters. The van der Waals surface area contributed by atoms with Crippen LogP contribution in [0.2, 0.25) is 0 Å². The van der Waals surface area contributed by atoms with Crippen molar-refractivity contribution in [3.05, 3.63) is 60.2 Å². The van der Waals surface area contributed by atoms with Crippen LogP contribution in [0.15, 0.2) is 54.6 Å². The molecule has 0 aromatic heterocycles. The molecule has 0 aliphatic heterocycles. The largest absolute Gasteiger partial charge is 0.479 e. The number of carboxylic acids is 1. The Hall–Kier alpha value is -2.88. The lowest BCUT2D eigenvalue weighted by molar-refractivity contribution is -0.147. The molecule has 4 nitrogen and oxygen atoms in total. The van der Waals surface area contributed by atoms with Gasteiger partial charge in [0.2, 0.25) is 0 Å². The second-order valence-corrected chi connectivity index (χ2v) is 10.3. The lowest BCUT2D eigenvalue weighted by Crippen LogP contribution is -2.27. The Bertz CT molecular complexity index is 1070. The summed E-state index contributed by atoms with van der Waals surface area (Å²) in [5, 5.41) is 13.2. The lowest BCUT2D eigenvalue weighted by atomic mass is 9.97. The number of benzene rings is 3. The van der Waals surface area contributed by atoms with Crippen LogP contribution in [0.5, 0.6) is 0 Å². The van der Waals surface area contributed by atoms with Crippen molar-refractivity contribution in [3.63, 3.8) is 0 Å². The number of hydrogen-bond donors (Lipinski definition) is 1. The highest BCUT2D eigenvalue weighted by atomic mass is 16.6. The van der Waals surface area contributed by atoms with E-state index in [1.54, 1.807) is 0 Å². The van der Waals surface area contributed by atoms with Crippen LogP contribution >= 0.6 is 0 Å². The van der Waals surface area contributed by atoms with Crippen molar-refractivity contribution in [2.75, 3.05) is 0 Å². The maximum Gasteiger partial charge on any atom is 0.345 e. The van der Waals surface area contributed by atoms with Gasteiger partial charge in [-0.3, -0.25) is 0 Å². The van der Waals surface area contributed by atoms with Crippen LogP contribution in [0.25, 0.3) is 21.5 Å². The minimum Gasteiger partial charge on any atom is -0.479 e. The van der Waals surface area contributed by atoms with E-state index >= 15 is 0 Å². The van der Waals surface area contributed by atoms with Gasteiger partial charge in [-0.2, -0.15) is 0 Å². The summed E-state index contributed by atoms with van der Waals surface area (Å²) in [7, 11) is 0. The fraction of sp³-hybridized carbons (Fsp3) is 0.515. The zero-order chi connectivity index (χ0) is 26.3. The average Bonchev–Trinajstić information content (AvgIpc) is 2.90. The van der Waals surface area contributed by atoms with E-state index in [-0.39, 0.29) is 0 Å². The molecular weight excluding hydrogens is 460 g/mol. The molecule has 0 heterocycles. The van der Waals surface area contributed by atoms with Crippen LogP contribution in [-0.4, -0.2) is 23.1 Å². The molecule has 1 N–H and O–H groups in total. The van der Waals surface area contributed by atoms with E-state index in [4.69, 9.17) is 4.74 Å². The standard InChI is InChI=1S/C33H44O4/c1-2-3-4-5-6-7-8-9-10-11-12-13-14-15-24-30(32(34)35)37-33(36)31-28-22-18-16-20-26(28)25-27-21-17-19-23-29(27)31/h16-23,25,30H,2-15,24H2,1H3,(H,34,35)/t30-/m0/s1. The van der Waals surface area contributed by atoms with E-state index in [2.05, 4.69) is 6.92 Å². The number of hydrogen-bond acceptors (Lipinski definition) is 3. The maximum atomic E-state index is 13.2. The van der Waals surface area contributed by atoms with Crippen molar-refractivity contribution in [2.45, 2.75) is 109 Å². The van der Waals surface area contributed by atoms with Gasteiger partial charge in [0.15, 0.2) is 6.10 Å². The molecule has 0 spiro atoms. The smallest absolute Gasteiger partial charge is 0.345 e. The highest BCUT2D eigenvalue weighted by Gasteiger charge is 2.25. The number of carbonyl (C=O) groups is 2. The number of carbonyl (C=O) groups excluding carboxylic acids is 1. The van der Waals surface area contributed by atoms with Gasteiger partial charge in [-0.15, -0.1) is 0 Å². The van der Waals surface area contributed by atoms with E-state index in [1.165, 1.54) is 70.6 Å². The van der Waals surface area contributed by atoms with E-state index in [9.17, 15) is 14.7 Å². The van der Waals surface area contributed by atoms with E-state index in [0.717, 1.165) is 40.8 Å². The number of aliphatic carboxylic acids is 1. The third-order valence-electron chi connectivity index (χ3n) is 7.32. The van der Waals surface area contributed by atoms with Gasteiger partial charge in [-0.05, 0) is 40.5 Å². The van der Waals surface area contributed by atoms with Crippen molar-refractivity contribution in [3.8, 4) is 0 Å². The highest BCUT2D eigenvalue weighted by Crippen LogP contribution is 2.29. The Labute approximate surface area is 222 Å². The number of ether oxygens (including phenoxy) is 1. The third-order valence-corrected chi connectivity index (χ3v) is 7.32. The van der Waals surface area contributed by atoms with Crippen molar-refractivity contribution in [1.29, 1.82) is 0 Å². The summed E-state index contributed by atoms with van der Waals surface area (Å²) in [6.07, 6.45) is 16.7. The minimum atomic E-state index is -1.12. The van der Waals surface area contributed by atoms with Crippen molar-refractivity contribution in [1.82, 2.24) is 0 Å². The first-order valence-corrected chi connectivity index (χ1v) is 14.5. The zero-order valence-electron chi connectivity index (χ0n) is 22.6. The second-order valence-electron chi connectivity index (χ2n) is 10.3. The van der Waals surface area contributed by atoms with Crippen molar-refractivity contribution >= 4 is 33.5 Å². The Balaban J connectivity index is 1.40. The molecule has 0 saturated heterocycles. The van der Waals surface area contributed by atoms with Crippen LogP contribution in [0.3, 0.4) is 0 Å². The molecule has 3 rings (SSSR count). The molecular formula is C33H44O4. The summed E-state index contributed by atoms with van der Waals surface area (Å²) in [4.78, 5) is 25.1. The molecule has 0 radical (unpaired) electrons. The normalized spacial score (nSPS) is 12.1. The van der Waals surface area contributed by atoms with E-state index < -0.39 is 18.0 Å². The number of rotatable bonds is 18. The highest BCUT2D eigenvalue weighted by molar-refractivity contribution is 6.16. The van der Waals surface area contributed by atoms with Gasteiger partial charge in [0.05, 0.1) is 5.56 Å². The average molecular weight is 505 g/mol. The minimum absolute atomic E-state index is 0.349. The fourth-order valence-corrected chi connectivity index (χ4v) is 5.18. The molecule has 0 bridgehead atoms. The van der Waals surface area contributed by atoms with Gasteiger partial charge in [0.1, 0.15) is 0 Å². The Kier molecular flexibility index (Phi) is 12.5. The number of fused-ring (bicyclic) bond motifs is 2. The first kappa shape index (κ1) is 28.7.